The molecule has 166 valence electrons. The van der Waals surface area contributed by atoms with Crippen molar-refractivity contribution in [2.45, 2.75) is 52.6 Å². The lowest BCUT2D eigenvalue weighted by atomic mass is 9.97. The Morgan fingerprint density at radius 2 is 2.00 bits per heavy atom. The molecule has 5 N–H and O–H groups in total. The van der Waals surface area contributed by atoms with Crippen molar-refractivity contribution in [1.29, 1.82) is 0 Å². The maximum atomic E-state index is 12.1. The van der Waals surface area contributed by atoms with E-state index in [0.717, 1.165) is 11.5 Å². The molecular weight excluding hydrogens is 398 g/mol. The lowest BCUT2D eigenvalue weighted by Gasteiger charge is -2.22. The number of rotatable bonds is 3. The van der Waals surface area contributed by atoms with E-state index in [1.54, 1.807) is 20.8 Å². The number of aliphatic hydroxyl groups excluding tert-OH is 1. The van der Waals surface area contributed by atoms with Crippen molar-refractivity contribution in [2.24, 2.45) is 11.1 Å². The number of aliphatic hydroxyl groups is 1. The van der Waals surface area contributed by atoms with Crippen LogP contribution >= 0.6 is 0 Å². The summed E-state index contributed by atoms with van der Waals surface area (Å²) < 4.78 is 12.2. The number of hydrogen-bond acceptors (Lipinski definition) is 8. The quantitative estimate of drug-likeness (QED) is 0.356. The summed E-state index contributed by atoms with van der Waals surface area (Å²) in [7, 11) is 0. The minimum Gasteiger partial charge on any atom is -0.481 e. The van der Waals surface area contributed by atoms with Gasteiger partial charge in [-0.2, -0.15) is 0 Å². The minimum absolute atomic E-state index is 0.0642. The molecule has 0 aliphatic carbocycles. The van der Waals surface area contributed by atoms with Crippen LogP contribution in [0.2, 0.25) is 0 Å². The van der Waals surface area contributed by atoms with E-state index in [2.05, 4.69) is 16.8 Å². The zero-order valence-corrected chi connectivity index (χ0v) is 17.3. The van der Waals surface area contributed by atoms with Gasteiger partial charge in [0.1, 0.15) is 24.0 Å². The molecule has 0 unspecified atom stereocenters. The van der Waals surface area contributed by atoms with Crippen molar-refractivity contribution in [3.63, 3.8) is 0 Å². The number of nitrogens with two attached hydrogens (primary N) is 1. The Morgan fingerprint density at radius 3 is 2.50 bits per heavy atom. The lowest BCUT2D eigenvalue weighted by molar-refractivity contribution is -0.162. The van der Waals surface area contributed by atoms with E-state index in [4.69, 9.17) is 25.1 Å². The van der Waals surface area contributed by atoms with Crippen molar-refractivity contribution >= 4 is 11.9 Å². The molecule has 0 amide bonds. The first-order valence-electron chi connectivity index (χ1n) is 9.12. The maximum Gasteiger partial charge on any atom is 0.330 e. The fraction of sp³-hybridized carbons (Fsp3) is 0.579. The molecule has 11 nitrogen and oxygen atoms in total. The number of H-pyrrole nitrogens is 1. The van der Waals surface area contributed by atoms with Crippen molar-refractivity contribution in [2.75, 3.05) is 13.2 Å². The second-order valence-corrected chi connectivity index (χ2v) is 7.48. The third kappa shape index (κ3) is 7.14. The van der Waals surface area contributed by atoms with Crippen LogP contribution in [-0.2, 0) is 19.1 Å². The standard InChI is InChI=1S/C17H23N3O6.C2H4O2/c1-17(2,3)15(23)26-11-7-13(25-12(11)9-21)20-8-10(5-4-6-18)14(22)19-16(20)24;1-2(3)4/h8,11-13,21H,6-7,9,18H2,1-3H3,(H,19,22,24);1H3,(H,3,4)/t11-,12+,13+;/m0./s1. The van der Waals surface area contributed by atoms with Gasteiger partial charge in [0, 0.05) is 19.5 Å². The molecule has 11 heteroatoms. The Labute approximate surface area is 172 Å². The molecule has 1 aliphatic rings. The summed E-state index contributed by atoms with van der Waals surface area (Å²) in [6.07, 6.45) is -0.870. The van der Waals surface area contributed by atoms with E-state index in [1.165, 1.54) is 6.20 Å². The molecule has 3 atom stereocenters. The molecule has 1 aliphatic heterocycles. The Kier molecular flexibility index (Phi) is 8.97. The van der Waals surface area contributed by atoms with Gasteiger partial charge in [0.2, 0.25) is 0 Å². The summed E-state index contributed by atoms with van der Waals surface area (Å²) in [6, 6.07) is 0. The highest BCUT2D eigenvalue weighted by molar-refractivity contribution is 5.75. The molecule has 0 bridgehead atoms. The average molecular weight is 425 g/mol. The molecule has 0 spiro atoms. The van der Waals surface area contributed by atoms with Crippen LogP contribution in [-0.4, -0.2) is 57.1 Å². The number of hydrogen-bond donors (Lipinski definition) is 4. The number of carboxylic acids is 1. The zero-order chi connectivity index (χ0) is 23.1. The summed E-state index contributed by atoms with van der Waals surface area (Å²) in [5, 5.41) is 16.9. The van der Waals surface area contributed by atoms with Crippen LogP contribution in [0.25, 0.3) is 0 Å². The number of ether oxygens (including phenoxy) is 2. The van der Waals surface area contributed by atoms with E-state index >= 15 is 0 Å². The van der Waals surface area contributed by atoms with E-state index in [-0.39, 0.29) is 25.1 Å². The fourth-order valence-corrected chi connectivity index (χ4v) is 2.41. The molecule has 1 aromatic rings. The summed E-state index contributed by atoms with van der Waals surface area (Å²) >= 11 is 0. The second kappa shape index (κ2) is 10.7. The smallest absolute Gasteiger partial charge is 0.330 e. The molecule has 0 aromatic carbocycles. The van der Waals surface area contributed by atoms with Gasteiger partial charge in [-0.1, -0.05) is 11.8 Å². The van der Waals surface area contributed by atoms with E-state index < -0.39 is 47.0 Å². The maximum absolute atomic E-state index is 12.1. The van der Waals surface area contributed by atoms with Crippen molar-refractivity contribution in [3.05, 3.63) is 32.6 Å². The predicted molar refractivity (Wildman–Crippen MR) is 106 cm³/mol. The first-order valence-corrected chi connectivity index (χ1v) is 9.12. The van der Waals surface area contributed by atoms with E-state index in [0.29, 0.717) is 0 Å². The Bertz CT molecular complexity index is 928. The summed E-state index contributed by atoms with van der Waals surface area (Å²) in [5.41, 5.74) is 3.34. The van der Waals surface area contributed by atoms with Gasteiger partial charge < -0.3 is 25.4 Å². The largest absolute Gasteiger partial charge is 0.481 e. The van der Waals surface area contributed by atoms with Crippen LogP contribution in [0, 0.1) is 17.3 Å². The molecule has 2 heterocycles. The number of esters is 1. The van der Waals surface area contributed by atoms with E-state index in [9.17, 15) is 19.5 Å². The number of aromatic amines is 1. The van der Waals surface area contributed by atoms with Crippen LogP contribution in [0.1, 0.15) is 45.9 Å². The van der Waals surface area contributed by atoms with E-state index in [1.807, 2.05) is 0 Å². The first-order chi connectivity index (χ1) is 13.9. The van der Waals surface area contributed by atoms with Gasteiger partial charge in [-0.3, -0.25) is 23.9 Å². The van der Waals surface area contributed by atoms with Crippen LogP contribution < -0.4 is 17.0 Å². The molecule has 30 heavy (non-hydrogen) atoms. The van der Waals surface area contributed by atoms with Crippen LogP contribution in [0.5, 0.6) is 0 Å². The highest BCUT2D eigenvalue weighted by atomic mass is 16.6. The number of carbonyl (C=O) groups is 2. The highest BCUT2D eigenvalue weighted by Gasteiger charge is 2.40. The van der Waals surface area contributed by atoms with Gasteiger partial charge in [-0.05, 0) is 20.8 Å². The van der Waals surface area contributed by atoms with Crippen LogP contribution in [0.4, 0.5) is 0 Å². The number of aliphatic carboxylic acids is 1. The Hall–Kier alpha value is -2.94. The number of nitrogens with zero attached hydrogens (tertiary/aromatic N) is 1. The van der Waals surface area contributed by atoms with Crippen LogP contribution in [0.15, 0.2) is 15.8 Å². The third-order valence-corrected chi connectivity index (χ3v) is 3.83. The van der Waals surface area contributed by atoms with Crippen molar-refractivity contribution in [1.82, 2.24) is 9.55 Å². The van der Waals surface area contributed by atoms with Crippen molar-refractivity contribution in [3.8, 4) is 11.8 Å². The summed E-state index contributed by atoms with van der Waals surface area (Å²) in [5.74, 6) is 3.86. The number of aromatic nitrogens is 2. The predicted octanol–water partition coefficient (Wildman–Crippen LogP) is -0.825. The van der Waals surface area contributed by atoms with Crippen molar-refractivity contribution < 1.29 is 29.3 Å². The lowest BCUT2D eigenvalue weighted by Crippen LogP contribution is -2.34. The monoisotopic (exact) mass is 425 g/mol. The molecule has 1 fully saturated rings. The highest BCUT2D eigenvalue weighted by Crippen LogP contribution is 2.31. The fourth-order valence-electron chi connectivity index (χ4n) is 2.41. The second-order valence-electron chi connectivity index (χ2n) is 7.48. The van der Waals surface area contributed by atoms with Gasteiger partial charge >= 0.3 is 11.7 Å². The Morgan fingerprint density at radius 1 is 1.40 bits per heavy atom. The molecule has 0 radical (unpaired) electrons. The molecule has 2 rings (SSSR count). The number of nitrogens with one attached hydrogen (secondary N) is 1. The van der Waals surface area contributed by atoms with Gasteiger partial charge in [-0.25, -0.2) is 4.79 Å². The zero-order valence-electron chi connectivity index (χ0n) is 17.3. The molecule has 0 saturated carbocycles. The molecular formula is C19H27N3O8. The Balaban J connectivity index is 0.00000103. The summed E-state index contributed by atoms with van der Waals surface area (Å²) in [6.45, 7) is 5.91. The van der Waals surface area contributed by atoms with Gasteiger partial charge in [0.05, 0.1) is 18.6 Å². The van der Waals surface area contributed by atoms with Gasteiger partial charge in [0.15, 0.2) is 0 Å². The number of carbonyl (C=O) groups excluding carboxylic acids is 1. The summed E-state index contributed by atoms with van der Waals surface area (Å²) in [4.78, 5) is 47.2. The molecule has 1 aromatic heterocycles. The third-order valence-electron chi connectivity index (χ3n) is 3.83. The molecule has 1 saturated heterocycles. The normalized spacial score (nSPS) is 20.4. The van der Waals surface area contributed by atoms with Gasteiger partial charge in [0.25, 0.3) is 11.5 Å². The van der Waals surface area contributed by atoms with Gasteiger partial charge in [-0.15, -0.1) is 0 Å². The van der Waals surface area contributed by atoms with Crippen LogP contribution in [0.3, 0.4) is 0 Å². The SMILES string of the molecule is CC(=O)O.CC(C)(C)C(=O)O[C@H]1C[C@H](n2cc(C#CCN)c(=O)[nH]c2=O)O[C@@H]1CO. The first kappa shape index (κ1) is 25.1. The topological polar surface area (TPSA) is 174 Å². The average Bonchev–Trinajstić information content (AvgIpc) is 3.02. The number of carboxylic acid groups (broad SMARTS) is 1. The minimum atomic E-state index is -0.833.